The largest absolute Gasteiger partial charge is 0.503 e. The van der Waals surface area contributed by atoms with Gasteiger partial charge >= 0.3 is 0 Å². The Bertz CT molecular complexity index is 937. The number of ether oxygens (including phenoxy) is 1. The molecule has 6 nitrogen and oxygen atoms in total. The van der Waals surface area contributed by atoms with Crippen molar-refractivity contribution in [1.82, 2.24) is 9.80 Å². The third-order valence-electron chi connectivity index (χ3n) is 5.46. The van der Waals surface area contributed by atoms with Gasteiger partial charge in [-0.3, -0.25) is 14.5 Å². The number of thiophene rings is 1. The van der Waals surface area contributed by atoms with Gasteiger partial charge in [0.25, 0.3) is 5.91 Å². The van der Waals surface area contributed by atoms with Crippen LogP contribution < -0.4 is 0 Å². The molecule has 1 aromatic carbocycles. The van der Waals surface area contributed by atoms with E-state index in [4.69, 9.17) is 16.3 Å². The molecule has 1 N–H and O–H groups in total. The number of benzene rings is 1. The second-order valence-electron chi connectivity index (χ2n) is 7.33. The number of hydrogen-bond acceptors (Lipinski definition) is 6. The minimum atomic E-state index is -0.631. The number of carbonyl (C=O) groups is 2. The van der Waals surface area contributed by atoms with E-state index in [2.05, 4.69) is 4.90 Å². The number of nitrogens with zero attached hydrogens (tertiary/aromatic N) is 2. The summed E-state index contributed by atoms with van der Waals surface area (Å²) in [6.07, 6.45) is 0.740. The molecular weight excluding hydrogens is 424 g/mol. The van der Waals surface area contributed by atoms with Crippen LogP contribution in [-0.2, 0) is 9.53 Å². The number of amides is 1. The lowest BCUT2D eigenvalue weighted by atomic mass is 9.95. The number of ketones is 1. The van der Waals surface area contributed by atoms with Gasteiger partial charge in [0.15, 0.2) is 5.76 Å². The number of carbonyl (C=O) groups excluding carboxylic acids is 2. The first-order chi connectivity index (χ1) is 14.6. The van der Waals surface area contributed by atoms with Gasteiger partial charge in [-0.1, -0.05) is 29.8 Å². The van der Waals surface area contributed by atoms with Crippen molar-refractivity contribution in [3.05, 3.63) is 68.6 Å². The molecule has 0 spiro atoms. The molecular formula is C22H23ClN2O4S. The zero-order chi connectivity index (χ0) is 21.1. The van der Waals surface area contributed by atoms with Gasteiger partial charge in [0.1, 0.15) is 0 Å². The molecule has 1 fully saturated rings. The number of rotatable bonds is 7. The van der Waals surface area contributed by atoms with Gasteiger partial charge in [0.05, 0.1) is 29.7 Å². The van der Waals surface area contributed by atoms with Crippen LogP contribution in [0, 0.1) is 0 Å². The summed E-state index contributed by atoms with van der Waals surface area (Å²) in [5.74, 6) is -1.27. The lowest BCUT2D eigenvalue weighted by Crippen LogP contribution is -2.39. The van der Waals surface area contributed by atoms with Crippen molar-refractivity contribution in [3.8, 4) is 0 Å². The van der Waals surface area contributed by atoms with Gasteiger partial charge in [0.2, 0.25) is 5.78 Å². The van der Waals surface area contributed by atoms with Gasteiger partial charge in [-0.25, -0.2) is 0 Å². The quantitative estimate of drug-likeness (QED) is 0.656. The van der Waals surface area contributed by atoms with Crippen LogP contribution in [0.3, 0.4) is 0 Å². The molecule has 0 saturated carbocycles. The Labute approximate surface area is 184 Å². The maximum atomic E-state index is 13.1. The number of hydrogen-bond donors (Lipinski definition) is 1. The average Bonchev–Trinajstić information content (AvgIpc) is 3.38. The highest BCUT2D eigenvalue weighted by atomic mass is 35.5. The molecule has 2 aliphatic heterocycles. The lowest BCUT2D eigenvalue weighted by molar-refractivity contribution is -0.129. The maximum absolute atomic E-state index is 13.1. The smallest absolute Gasteiger partial charge is 0.290 e. The SMILES string of the molecule is O=C(C1=C(O)C(=O)N(CCCN2CCOCC2)[C@@H]1c1ccc(Cl)cc1)c1cccs1. The van der Waals surface area contributed by atoms with Crippen molar-refractivity contribution in [1.29, 1.82) is 0 Å². The number of halogens is 1. The highest BCUT2D eigenvalue weighted by Crippen LogP contribution is 2.39. The van der Waals surface area contributed by atoms with Crippen LogP contribution in [-0.4, -0.2) is 66.0 Å². The molecule has 0 bridgehead atoms. The van der Waals surface area contributed by atoms with E-state index in [0.717, 1.165) is 44.8 Å². The molecule has 1 amide bonds. The molecule has 2 aliphatic rings. The molecule has 1 atom stereocenters. The Morgan fingerprint density at radius 2 is 1.90 bits per heavy atom. The van der Waals surface area contributed by atoms with Crippen LogP contribution >= 0.6 is 22.9 Å². The van der Waals surface area contributed by atoms with E-state index in [1.807, 2.05) is 0 Å². The van der Waals surface area contributed by atoms with E-state index >= 15 is 0 Å². The summed E-state index contributed by atoms with van der Waals surface area (Å²) < 4.78 is 5.38. The fourth-order valence-electron chi connectivity index (χ4n) is 3.94. The summed E-state index contributed by atoms with van der Waals surface area (Å²) >= 11 is 7.33. The topological polar surface area (TPSA) is 70.1 Å². The Hall–Kier alpha value is -2.19. The number of Topliss-reactive ketones (excluding diaryl/α,β-unsaturated/α-hetero) is 1. The van der Waals surface area contributed by atoms with Crippen molar-refractivity contribution < 1.29 is 19.4 Å². The second kappa shape index (κ2) is 9.31. The van der Waals surface area contributed by atoms with E-state index < -0.39 is 17.7 Å². The van der Waals surface area contributed by atoms with E-state index in [-0.39, 0.29) is 11.4 Å². The summed E-state index contributed by atoms with van der Waals surface area (Å²) in [7, 11) is 0. The van der Waals surface area contributed by atoms with Gasteiger partial charge in [-0.05, 0) is 35.6 Å². The van der Waals surface area contributed by atoms with Gasteiger partial charge < -0.3 is 14.7 Å². The van der Waals surface area contributed by atoms with Crippen LogP contribution in [0.4, 0.5) is 0 Å². The van der Waals surface area contributed by atoms with Gasteiger partial charge in [0, 0.05) is 31.2 Å². The van der Waals surface area contributed by atoms with E-state index in [1.165, 1.54) is 11.3 Å². The molecule has 3 heterocycles. The molecule has 2 aromatic rings. The van der Waals surface area contributed by atoms with Gasteiger partial charge in [-0.2, -0.15) is 0 Å². The van der Waals surface area contributed by atoms with E-state index in [1.54, 1.807) is 46.7 Å². The molecule has 1 aromatic heterocycles. The van der Waals surface area contributed by atoms with Crippen molar-refractivity contribution in [3.63, 3.8) is 0 Å². The van der Waals surface area contributed by atoms with Crippen LogP contribution in [0.25, 0.3) is 0 Å². The van der Waals surface area contributed by atoms with E-state index in [9.17, 15) is 14.7 Å². The van der Waals surface area contributed by atoms with Crippen LogP contribution in [0.15, 0.2) is 53.1 Å². The van der Waals surface area contributed by atoms with Crippen molar-refractivity contribution in [2.24, 2.45) is 0 Å². The van der Waals surface area contributed by atoms with E-state index in [0.29, 0.717) is 16.4 Å². The van der Waals surface area contributed by atoms with Gasteiger partial charge in [-0.15, -0.1) is 11.3 Å². The lowest BCUT2D eigenvalue weighted by Gasteiger charge is -2.30. The monoisotopic (exact) mass is 446 g/mol. The number of aliphatic hydroxyl groups excluding tert-OH is 1. The standard InChI is InChI=1S/C22H23ClN2O4S/c23-16-6-4-15(5-7-16)19-18(20(26)17-3-1-14-30-17)21(27)22(28)25(19)9-2-8-24-10-12-29-13-11-24/h1,3-7,14,19,27H,2,8-13H2/t19-/m1/s1. The third-order valence-corrected chi connectivity index (χ3v) is 6.58. The molecule has 0 aliphatic carbocycles. The highest BCUT2D eigenvalue weighted by Gasteiger charge is 2.43. The highest BCUT2D eigenvalue weighted by molar-refractivity contribution is 7.12. The van der Waals surface area contributed by atoms with Crippen molar-refractivity contribution in [2.75, 3.05) is 39.4 Å². The average molecular weight is 447 g/mol. The van der Waals surface area contributed by atoms with Crippen LogP contribution in [0.2, 0.25) is 5.02 Å². The number of morpholine rings is 1. The first-order valence-electron chi connectivity index (χ1n) is 9.94. The Balaban J connectivity index is 1.59. The van der Waals surface area contributed by atoms with Crippen molar-refractivity contribution >= 4 is 34.6 Å². The minimum Gasteiger partial charge on any atom is -0.503 e. The predicted molar refractivity (Wildman–Crippen MR) is 116 cm³/mol. The summed E-state index contributed by atoms with van der Waals surface area (Å²) in [6, 6.07) is 9.92. The Kier molecular flexibility index (Phi) is 6.53. The fourth-order valence-corrected chi connectivity index (χ4v) is 4.74. The molecule has 8 heteroatoms. The first kappa shape index (κ1) is 21.1. The van der Waals surface area contributed by atoms with Crippen LogP contribution in [0.1, 0.15) is 27.7 Å². The zero-order valence-electron chi connectivity index (χ0n) is 16.4. The molecule has 30 heavy (non-hydrogen) atoms. The summed E-state index contributed by atoms with van der Waals surface area (Å²) in [5.41, 5.74) is 0.888. The number of aliphatic hydroxyl groups is 1. The molecule has 0 radical (unpaired) electrons. The third kappa shape index (κ3) is 4.30. The Morgan fingerprint density at radius 1 is 1.17 bits per heavy atom. The molecule has 158 valence electrons. The predicted octanol–water partition coefficient (Wildman–Crippen LogP) is 3.70. The molecule has 4 rings (SSSR count). The minimum absolute atomic E-state index is 0.135. The summed E-state index contributed by atoms with van der Waals surface area (Å²) in [5, 5.41) is 13.0. The maximum Gasteiger partial charge on any atom is 0.290 e. The summed E-state index contributed by atoms with van der Waals surface area (Å²) in [6.45, 7) is 4.46. The van der Waals surface area contributed by atoms with Crippen LogP contribution in [0.5, 0.6) is 0 Å². The fraction of sp³-hybridized carbons (Fsp3) is 0.364. The molecule has 0 unspecified atom stereocenters. The zero-order valence-corrected chi connectivity index (χ0v) is 18.0. The van der Waals surface area contributed by atoms with Crippen molar-refractivity contribution in [2.45, 2.75) is 12.5 Å². The first-order valence-corrected chi connectivity index (χ1v) is 11.2. The second-order valence-corrected chi connectivity index (χ2v) is 8.71. The Morgan fingerprint density at radius 3 is 2.57 bits per heavy atom. The normalized spacial score (nSPS) is 20.2. The summed E-state index contributed by atoms with van der Waals surface area (Å²) in [4.78, 5) is 30.5. The molecule has 1 saturated heterocycles.